The summed E-state index contributed by atoms with van der Waals surface area (Å²) in [7, 11) is 0. The van der Waals surface area contributed by atoms with Crippen molar-refractivity contribution in [3.8, 4) is 12.1 Å². The van der Waals surface area contributed by atoms with Crippen molar-refractivity contribution in [3.05, 3.63) is 34.3 Å². The van der Waals surface area contributed by atoms with Gasteiger partial charge in [0.1, 0.15) is 18.2 Å². The van der Waals surface area contributed by atoms with Gasteiger partial charge in [0.2, 0.25) is 5.91 Å². The normalized spacial score (nSPS) is 27.0. The summed E-state index contributed by atoms with van der Waals surface area (Å²) >= 11 is 6.11. The number of likely N-dealkylation sites (tertiary alicyclic amines) is 1. The van der Waals surface area contributed by atoms with Crippen LogP contribution >= 0.6 is 11.6 Å². The Balaban J connectivity index is 1.75. The molecule has 0 spiro atoms. The lowest BCUT2D eigenvalue weighted by Gasteiger charge is -2.26. The first-order chi connectivity index (χ1) is 11.5. The largest absolute Gasteiger partial charge is 0.325 e. The van der Waals surface area contributed by atoms with E-state index in [0.717, 1.165) is 18.4 Å². The van der Waals surface area contributed by atoms with Gasteiger partial charge in [0, 0.05) is 19.0 Å². The van der Waals surface area contributed by atoms with Gasteiger partial charge < -0.3 is 4.90 Å². The van der Waals surface area contributed by atoms with Crippen molar-refractivity contribution in [1.82, 2.24) is 9.91 Å². The van der Waals surface area contributed by atoms with Gasteiger partial charge in [-0.15, -0.1) is 0 Å². The van der Waals surface area contributed by atoms with Gasteiger partial charge in [0.05, 0.1) is 16.7 Å². The minimum Gasteiger partial charge on any atom is -0.325 e. The maximum Gasteiger partial charge on any atom is 0.242 e. The molecule has 6 nitrogen and oxygen atoms in total. The van der Waals surface area contributed by atoms with Crippen molar-refractivity contribution >= 4 is 17.5 Å². The number of carbonyl (C=O) groups excluding carboxylic acids is 1. The predicted octanol–water partition coefficient (Wildman–Crippen LogP) is 1.76. The average Bonchev–Trinajstić information content (AvgIpc) is 3.20. The number of hydrazine groups is 1. The molecule has 7 heteroatoms. The second-order valence-electron chi connectivity index (χ2n) is 6.32. The van der Waals surface area contributed by atoms with Crippen molar-refractivity contribution < 1.29 is 4.79 Å². The SMILES string of the molecule is N#Cc1ccc([C@@H]2C[C@@H](C(=O)N3CCC[C@H]3C#N)N(N)C2)cc1Cl. The molecule has 0 aromatic heterocycles. The molecule has 3 rings (SSSR count). The molecular formula is C17H18ClN5O. The Hall–Kier alpha value is -2.12. The van der Waals surface area contributed by atoms with Crippen LogP contribution in [0, 0.1) is 22.7 Å². The number of halogens is 1. The zero-order valence-corrected chi connectivity index (χ0v) is 13.9. The number of hydrogen-bond acceptors (Lipinski definition) is 5. The van der Waals surface area contributed by atoms with Gasteiger partial charge in [0.25, 0.3) is 0 Å². The molecule has 124 valence electrons. The number of hydrogen-bond donors (Lipinski definition) is 1. The van der Waals surface area contributed by atoms with E-state index in [1.807, 2.05) is 12.1 Å². The minimum atomic E-state index is -0.418. The lowest BCUT2D eigenvalue weighted by molar-refractivity contribution is -0.136. The Morgan fingerprint density at radius 2 is 2.17 bits per heavy atom. The first-order valence-corrected chi connectivity index (χ1v) is 8.34. The topological polar surface area (TPSA) is 97.1 Å². The third kappa shape index (κ3) is 2.97. The highest BCUT2D eigenvalue weighted by Crippen LogP contribution is 2.33. The number of rotatable bonds is 2. The zero-order chi connectivity index (χ0) is 17.3. The molecule has 1 aromatic rings. The molecule has 2 aliphatic heterocycles. The summed E-state index contributed by atoms with van der Waals surface area (Å²) in [5.74, 6) is 6.09. The molecule has 0 aliphatic carbocycles. The van der Waals surface area contributed by atoms with Crippen LogP contribution in [0.4, 0.5) is 0 Å². The Morgan fingerprint density at radius 3 is 2.83 bits per heavy atom. The Morgan fingerprint density at radius 1 is 1.38 bits per heavy atom. The molecule has 0 unspecified atom stereocenters. The first-order valence-electron chi connectivity index (χ1n) is 7.96. The molecule has 3 atom stereocenters. The minimum absolute atomic E-state index is 0.0659. The number of carbonyl (C=O) groups is 1. The number of nitrogens with zero attached hydrogens (tertiary/aromatic N) is 4. The smallest absolute Gasteiger partial charge is 0.242 e. The third-order valence-electron chi connectivity index (χ3n) is 4.89. The van der Waals surface area contributed by atoms with E-state index in [1.165, 1.54) is 0 Å². The van der Waals surface area contributed by atoms with Gasteiger partial charge >= 0.3 is 0 Å². The fourth-order valence-electron chi connectivity index (χ4n) is 3.58. The van der Waals surface area contributed by atoms with E-state index in [4.69, 9.17) is 22.7 Å². The molecule has 1 amide bonds. The van der Waals surface area contributed by atoms with Gasteiger partial charge in [-0.3, -0.25) is 10.6 Å². The summed E-state index contributed by atoms with van der Waals surface area (Å²) in [6, 6.07) is 8.81. The molecule has 1 aromatic carbocycles. The summed E-state index contributed by atoms with van der Waals surface area (Å²) < 4.78 is 0. The predicted molar refractivity (Wildman–Crippen MR) is 88.6 cm³/mol. The molecule has 2 heterocycles. The highest BCUT2D eigenvalue weighted by molar-refractivity contribution is 6.31. The molecule has 0 bridgehead atoms. The van der Waals surface area contributed by atoms with Crippen molar-refractivity contribution in [1.29, 1.82) is 10.5 Å². The van der Waals surface area contributed by atoms with Crippen LogP contribution in [-0.2, 0) is 4.79 Å². The summed E-state index contributed by atoms with van der Waals surface area (Å²) in [4.78, 5) is 14.4. The van der Waals surface area contributed by atoms with Gasteiger partial charge in [-0.2, -0.15) is 10.5 Å². The molecule has 2 N–H and O–H groups in total. The van der Waals surface area contributed by atoms with Crippen LogP contribution in [0.1, 0.15) is 36.3 Å². The zero-order valence-electron chi connectivity index (χ0n) is 13.2. The van der Waals surface area contributed by atoms with Gasteiger partial charge in [-0.05, 0) is 37.0 Å². The van der Waals surface area contributed by atoms with Crippen LogP contribution in [0.2, 0.25) is 5.02 Å². The Kier molecular flexibility index (Phi) is 4.73. The van der Waals surface area contributed by atoms with E-state index in [9.17, 15) is 10.1 Å². The summed E-state index contributed by atoms with van der Waals surface area (Å²) in [5.41, 5.74) is 1.41. The van der Waals surface area contributed by atoms with Crippen LogP contribution in [-0.4, -0.2) is 41.0 Å². The molecule has 2 saturated heterocycles. The van der Waals surface area contributed by atoms with E-state index < -0.39 is 6.04 Å². The quantitative estimate of drug-likeness (QED) is 0.825. The van der Waals surface area contributed by atoms with E-state index >= 15 is 0 Å². The molecule has 0 radical (unpaired) electrons. The fraction of sp³-hybridized carbons (Fsp3) is 0.471. The highest BCUT2D eigenvalue weighted by Gasteiger charge is 2.41. The van der Waals surface area contributed by atoms with E-state index in [-0.39, 0.29) is 17.9 Å². The molecule has 2 fully saturated rings. The van der Waals surface area contributed by atoms with Crippen LogP contribution in [0.15, 0.2) is 18.2 Å². The van der Waals surface area contributed by atoms with Gasteiger partial charge in [0.15, 0.2) is 0 Å². The number of benzene rings is 1. The van der Waals surface area contributed by atoms with E-state index in [2.05, 4.69) is 6.07 Å². The third-order valence-corrected chi connectivity index (χ3v) is 5.21. The summed E-state index contributed by atoms with van der Waals surface area (Å²) in [6.45, 7) is 1.17. The van der Waals surface area contributed by atoms with Gasteiger partial charge in [-0.25, -0.2) is 5.01 Å². The van der Waals surface area contributed by atoms with Crippen LogP contribution in [0.3, 0.4) is 0 Å². The van der Waals surface area contributed by atoms with Gasteiger partial charge in [-0.1, -0.05) is 17.7 Å². The van der Waals surface area contributed by atoms with Crippen LogP contribution < -0.4 is 5.84 Å². The maximum atomic E-state index is 12.8. The van der Waals surface area contributed by atoms with Crippen molar-refractivity contribution in [2.24, 2.45) is 5.84 Å². The molecular weight excluding hydrogens is 326 g/mol. The first kappa shape index (κ1) is 16.7. The standard InChI is InChI=1S/C17H18ClN5O/c18-15-6-11(3-4-12(15)8-19)13-7-16(23(21)10-13)17(24)22-5-1-2-14(22)9-20/h3-4,6,13-14,16H,1-2,5,7,10,21H2/t13-,14+,16+/m1/s1. The average molecular weight is 344 g/mol. The number of nitrogens with two attached hydrogens (primary N) is 1. The molecule has 2 aliphatic rings. The second-order valence-corrected chi connectivity index (χ2v) is 6.72. The van der Waals surface area contributed by atoms with Crippen LogP contribution in [0.25, 0.3) is 0 Å². The monoisotopic (exact) mass is 343 g/mol. The molecule has 0 saturated carbocycles. The number of nitriles is 2. The Bertz CT molecular complexity index is 737. The summed E-state index contributed by atoms with van der Waals surface area (Å²) in [5, 5.41) is 20.1. The highest BCUT2D eigenvalue weighted by atomic mass is 35.5. The van der Waals surface area contributed by atoms with E-state index in [1.54, 1.807) is 22.0 Å². The lowest BCUT2D eigenvalue weighted by atomic mass is 9.95. The van der Waals surface area contributed by atoms with Crippen molar-refractivity contribution in [3.63, 3.8) is 0 Å². The van der Waals surface area contributed by atoms with Crippen molar-refractivity contribution in [2.75, 3.05) is 13.1 Å². The van der Waals surface area contributed by atoms with Crippen LogP contribution in [0.5, 0.6) is 0 Å². The molecule has 24 heavy (non-hydrogen) atoms. The van der Waals surface area contributed by atoms with Crippen molar-refractivity contribution in [2.45, 2.75) is 37.3 Å². The maximum absolute atomic E-state index is 12.8. The summed E-state index contributed by atoms with van der Waals surface area (Å²) in [6.07, 6.45) is 2.18. The Labute approximate surface area is 146 Å². The fourth-order valence-corrected chi connectivity index (χ4v) is 3.81. The van der Waals surface area contributed by atoms with E-state index in [0.29, 0.717) is 30.1 Å². The number of amides is 1. The lowest BCUT2D eigenvalue weighted by Crippen LogP contribution is -2.49. The second kappa shape index (κ2) is 6.78.